The van der Waals surface area contributed by atoms with Crippen LogP contribution in [0.3, 0.4) is 0 Å². The van der Waals surface area contributed by atoms with Crippen LogP contribution in [-0.2, 0) is 4.79 Å². The molecule has 0 spiro atoms. The maximum absolute atomic E-state index is 11.3. The molecule has 0 bridgehead atoms. The summed E-state index contributed by atoms with van der Waals surface area (Å²) in [6.45, 7) is 1.34. The van der Waals surface area contributed by atoms with Crippen LogP contribution in [0.5, 0.6) is 0 Å². The molecule has 0 aliphatic carbocycles. The molecule has 14 heavy (non-hydrogen) atoms. The average Bonchev–Trinajstić information content (AvgIpc) is 2.15. The third-order valence-corrected chi connectivity index (χ3v) is 2.87. The molecule has 0 atom stereocenters. The number of nitrogens with one attached hydrogen (secondary N) is 1. The lowest BCUT2D eigenvalue weighted by Gasteiger charge is -2.26. The first kappa shape index (κ1) is 11.4. The first-order valence-electron chi connectivity index (χ1n) is 4.81. The number of nitrogens with zero attached hydrogens (tertiary/aromatic N) is 1. The summed E-state index contributed by atoms with van der Waals surface area (Å²) in [5.41, 5.74) is 0. The highest BCUT2D eigenvalue weighted by atomic mass is 32.2. The van der Waals surface area contributed by atoms with Gasteiger partial charge in [-0.15, -0.1) is 0 Å². The third kappa shape index (κ3) is 3.57. The van der Waals surface area contributed by atoms with Gasteiger partial charge < -0.3 is 4.90 Å². The van der Waals surface area contributed by atoms with Gasteiger partial charge in [-0.1, -0.05) is 0 Å². The molecule has 1 saturated heterocycles. The lowest BCUT2D eigenvalue weighted by molar-refractivity contribution is -0.121. The van der Waals surface area contributed by atoms with Gasteiger partial charge in [0.2, 0.25) is 5.91 Å². The van der Waals surface area contributed by atoms with Crippen molar-refractivity contribution in [1.29, 1.82) is 0 Å². The maximum atomic E-state index is 11.3. The summed E-state index contributed by atoms with van der Waals surface area (Å²) in [6.07, 6.45) is 4.65. The van der Waals surface area contributed by atoms with E-state index in [0.717, 1.165) is 25.1 Å². The van der Waals surface area contributed by atoms with E-state index in [9.17, 15) is 9.59 Å². The first-order valence-corrected chi connectivity index (χ1v) is 6.21. The predicted octanol–water partition coefficient (Wildman–Crippen LogP) is 1.07. The summed E-state index contributed by atoms with van der Waals surface area (Å²) in [7, 11) is 0. The smallest absolute Gasteiger partial charge is 0.324 e. The van der Waals surface area contributed by atoms with Crippen LogP contribution in [-0.4, -0.2) is 41.9 Å². The van der Waals surface area contributed by atoms with Crippen molar-refractivity contribution in [1.82, 2.24) is 10.2 Å². The first-order chi connectivity index (χ1) is 6.74. The van der Waals surface area contributed by atoms with E-state index in [1.165, 1.54) is 0 Å². The quantitative estimate of drug-likeness (QED) is 0.699. The minimum atomic E-state index is -0.231. The summed E-state index contributed by atoms with van der Waals surface area (Å²) in [6, 6.07) is -0.231. The van der Waals surface area contributed by atoms with Crippen LogP contribution in [0.15, 0.2) is 0 Å². The molecule has 0 unspecified atom stereocenters. The average molecular weight is 216 g/mol. The van der Waals surface area contributed by atoms with Crippen LogP contribution in [0, 0.1) is 0 Å². The van der Waals surface area contributed by atoms with E-state index in [0.29, 0.717) is 13.0 Å². The number of carbonyl (C=O) groups is 2. The zero-order valence-corrected chi connectivity index (χ0v) is 9.23. The fourth-order valence-electron chi connectivity index (χ4n) is 1.36. The Bertz CT molecular complexity index is 221. The topological polar surface area (TPSA) is 49.4 Å². The molecule has 0 aromatic rings. The highest BCUT2D eigenvalue weighted by molar-refractivity contribution is 7.98. The van der Waals surface area contributed by atoms with Crippen molar-refractivity contribution in [2.45, 2.75) is 19.3 Å². The Labute approximate surface area is 88.4 Å². The number of hydrogen-bond acceptors (Lipinski definition) is 3. The summed E-state index contributed by atoms with van der Waals surface area (Å²) in [5.74, 6) is 0.976. The standard InChI is InChI=1S/C9H16N2O2S/c1-14-7-3-2-5-11-6-4-8(12)10-9(11)13/h2-7H2,1H3,(H,10,12,13). The van der Waals surface area contributed by atoms with Crippen molar-refractivity contribution in [3.05, 3.63) is 0 Å². The second-order valence-electron chi connectivity index (χ2n) is 3.29. The monoisotopic (exact) mass is 216 g/mol. The molecular weight excluding hydrogens is 200 g/mol. The van der Waals surface area contributed by atoms with Crippen molar-refractivity contribution in [2.75, 3.05) is 25.1 Å². The Kier molecular flexibility index (Phi) is 4.79. The Hall–Kier alpha value is -0.710. The second-order valence-corrected chi connectivity index (χ2v) is 4.28. The molecule has 1 heterocycles. The van der Waals surface area contributed by atoms with Crippen LogP contribution in [0.4, 0.5) is 4.79 Å². The van der Waals surface area contributed by atoms with Gasteiger partial charge in [0, 0.05) is 19.5 Å². The summed E-state index contributed by atoms with van der Waals surface area (Å²) in [4.78, 5) is 23.8. The lowest BCUT2D eigenvalue weighted by atomic mass is 10.2. The molecule has 80 valence electrons. The van der Waals surface area contributed by atoms with E-state index < -0.39 is 0 Å². The van der Waals surface area contributed by atoms with Crippen molar-refractivity contribution in [2.24, 2.45) is 0 Å². The number of carbonyl (C=O) groups excluding carboxylic acids is 2. The molecule has 1 aliphatic heterocycles. The summed E-state index contributed by atoms with van der Waals surface area (Å²) in [5, 5.41) is 2.31. The van der Waals surface area contributed by atoms with Crippen molar-refractivity contribution >= 4 is 23.7 Å². The lowest BCUT2D eigenvalue weighted by Crippen LogP contribution is -2.49. The molecule has 4 nitrogen and oxygen atoms in total. The number of rotatable bonds is 5. The molecule has 0 aromatic heterocycles. The molecule has 3 amide bonds. The normalized spacial score (nSPS) is 17.1. The van der Waals surface area contributed by atoms with Gasteiger partial charge >= 0.3 is 6.03 Å². The molecule has 1 N–H and O–H groups in total. The fourth-order valence-corrected chi connectivity index (χ4v) is 1.85. The van der Waals surface area contributed by atoms with E-state index in [1.807, 2.05) is 11.8 Å². The minimum absolute atomic E-state index is 0.157. The molecule has 1 fully saturated rings. The van der Waals surface area contributed by atoms with Gasteiger partial charge in [0.05, 0.1) is 0 Å². The molecule has 0 radical (unpaired) electrons. The number of hydrogen-bond donors (Lipinski definition) is 1. The van der Waals surface area contributed by atoms with E-state index in [4.69, 9.17) is 0 Å². The molecular formula is C9H16N2O2S. The highest BCUT2D eigenvalue weighted by Crippen LogP contribution is 2.05. The SMILES string of the molecule is CSCCCCN1CCC(=O)NC1=O. The van der Waals surface area contributed by atoms with E-state index in [2.05, 4.69) is 11.6 Å². The number of unbranched alkanes of at least 4 members (excludes halogenated alkanes) is 1. The molecule has 0 aromatic carbocycles. The van der Waals surface area contributed by atoms with Crippen LogP contribution in [0.25, 0.3) is 0 Å². The van der Waals surface area contributed by atoms with Gasteiger partial charge in [0.25, 0.3) is 0 Å². The van der Waals surface area contributed by atoms with Gasteiger partial charge in [-0.25, -0.2) is 4.79 Å². The van der Waals surface area contributed by atoms with Crippen LogP contribution < -0.4 is 5.32 Å². The van der Waals surface area contributed by atoms with Gasteiger partial charge in [0.15, 0.2) is 0 Å². The third-order valence-electron chi connectivity index (χ3n) is 2.17. The zero-order chi connectivity index (χ0) is 10.4. The Balaban J connectivity index is 2.17. The van der Waals surface area contributed by atoms with Crippen LogP contribution in [0.2, 0.25) is 0 Å². The van der Waals surface area contributed by atoms with Crippen LogP contribution in [0.1, 0.15) is 19.3 Å². The number of thioether (sulfide) groups is 1. The van der Waals surface area contributed by atoms with E-state index in [-0.39, 0.29) is 11.9 Å². The van der Waals surface area contributed by atoms with Crippen molar-refractivity contribution < 1.29 is 9.59 Å². The number of urea groups is 1. The van der Waals surface area contributed by atoms with Crippen LogP contribution >= 0.6 is 11.8 Å². The van der Waals surface area contributed by atoms with E-state index in [1.54, 1.807) is 4.90 Å². The van der Waals surface area contributed by atoms with Gasteiger partial charge in [-0.05, 0) is 24.9 Å². The molecule has 5 heteroatoms. The Morgan fingerprint density at radius 2 is 2.21 bits per heavy atom. The Morgan fingerprint density at radius 1 is 1.43 bits per heavy atom. The van der Waals surface area contributed by atoms with Gasteiger partial charge in [-0.2, -0.15) is 11.8 Å². The minimum Gasteiger partial charge on any atom is -0.324 e. The number of imide groups is 1. The highest BCUT2D eigenvalue weighted by Gasteiger charge is 2.21. The predicted molar refractivity (Wildman–Crippen MR) is 57.3 cm³/mol. The van der Waals surface area contributed by atoms with E-state index >= 15 is 0 Å². The Morgan fingerprint density at radius 3 is 2.86 bits per heavy atom. The second kappa shape index (κ2) is 5.90. The molecule has 0 saturated carbocycles. The summed E-state index contributed by atoms with van der Waals surface area (Å²) >= 11 is 1.82. The van der Waals surface area contributed by atoms with Crippen molar-refractivity contribution in [3.63, 3.8) is 0 Å². The molecule has 1 aliphatic rings. The largest absolute Gasteiger partial charge is 0.324 e. The maximum Gasteiger partial charge on any atom is 0.324 e. The summed E-state index contributed by atoms with van der Waals surface area (Å²) < 4.78 is 0. The molecule has 1 rings (SSSR count). The van der Waals surface area contributed by atoms with Gasteiger partial charge in [0.1, 0.15) is 0 Å². The van der Waals surface area contributed by atoms with Gasteiger partial charge in [-0.3, -0.25) is 10.1 Å². The zero-order valence-electron chi connectivity index (χ0n) is 8.41. The fraction of sp³-hybridized carbons (Fsp3) is 0.778. The van der Waals surface area contributed by atoms with Crippen molar-refractivity contribution in [3.8, 4) is 0 Å². The number of amides is 3.